The summed E-state index contributed by atoms with van der Waals surface area (Å²) in [7, 11) is 0. The average Bonchev–Trinajstić information content (AvgIpc) is 3.42. The van der Waals surface area contributed by atoms with Crippen LogP contribution in [0.4, 0.5) is 0 Å². The fraction of sp³-hybridized carbons (Fsp3) is 0.680. The van der Waals surface area contributed by atoms with Crippen LogP contribution in [0.1, 0.15) is 109 Å². The molecule has 0 spiro atoms. The van der Waals surface area contributed by atoms with Crippen molar-refractivity contribution in [3.63, 3.8) is 0 Å². The summed E-state index contributed by atoms with van der Waals surface area (Å²) >= 11 is 3.60. The summed E-state index contributed by atoms with van der Waals surface area (Å²) in [5, 5.41) is 6.26. The summed E-state index contributed by atoms with van der Waals surface area (Å²) in [6.07, 6.45) is 19.7. The van der Waals surface area contributed by atoms with Crippen molar-refractivity contribution in [2.45, 2.75) is 111 Å². The normalized spacial score (nSPS) is 9.89. The second-order valence-corrected chi connectivity index (χ2v) is 9.01. The van der Waals surface area contributed by atoms with Crippen LogP contribution in [0.3, 0.4) is 0 Å². The molecule has 0 aromatic carbocycles. The van der Waals surface area contributed by atoms with E-state index in [0.717, 1.165) is 0 Å². The van der Waals surface area contributed by atoms with E-state index < -0.39 is 0 Å². The van der Waals surface area contributed by atoms with Crippen molar-refractivity contribution in [2.24, 2.45) is 0 Å². The Labute approximate surface area is 178 Å². The first-order valence-electron chi connectivity index (χ1n) is 11.3. The molecule has 2 heterocycles. The monoisotopic (exact) mass is 408 g/mol. The number of hydrogen-bond donors (Lipinski definition) is 0. The lowest BCUT2D eigenvalue weighted by molar-refractivity contribution is 0.602. The molecule has 0 saturated carbocycles. The second kappa shape index (κ2) is 23.4. The van der Waals surface area contributed by atoms with E-state index in [1.54, 1.807) is 16.2 Å². The third-order valence-corrected chi connectivity index (χ3v) is 6.05. The molecule has 27 heavy (non-hydrogen) atoms. The van der Waals surface area contributed by atoms with Crippen molar-refractivity contribution in [1.82, 2.24) is 0 Å². The fourth-order valence-corrected chi connectivity index (χ4v) is 4.00. The molecule has 0 N–H and O–H groups in total. The van der Waals surface area contributed by atoms with Crippen LogP contribution < -0.4 is 0 Å². The van der Waals surface area contributed by atoms with Crippen LogP contribution in [0.2, 0.25) is 0 Å². The molecular weight excluding hydrogens is 364 g/mol. The highest BCUT2D eigenvalue weighted by Crippen LogP contribution is 2.13. The molecule has 156 valence electrons. The predicted molar refractivity (Wildman–Crippen MR) is 129 cm³/mol. The molecule has 0 saturated heterocycles. The first kappa shape index (κ1) is 26.4. The number of unbranched alkanes of at least 4 members (excludes halogenated alkanes) is 11. The van der Waals surface area contributed by atoms with Gasteiger partial charge in [-0.2, -0.15) is 11.3 Å². The number of hydrogen-bond acceptors (Lipinski definition) is 2. The minimum absolute atomic E-state index is 1.30. The minimum Gasteiger partial charge on any atom is -0.152 e. The van der Waals surface area contributed by atoms with Crippen LogP contribution in [-0.2, 0) is 6.42 Å². The van der Waals surface area contributed by atoms with E-state index in [-0.39, 0.29) is 0 Å². The molecule has 2 aromatic rings. The van der Waals surface area contributed by atoms with Gasteiger partial charge >= 0.3 is 0 Å². The summed E-state index contributed by atoms with van der Waals surface area (Å²) in [6.45, 7) is 6.80. The Kier molecular flexibility index (Phi) is 22.9. The van der Waals surface area contributed by atoms with Gasteiger partial charge in [0.05, 0.1) is 0 Å². The van der Waals surface area contributed by atoms with E-state index >= 15 is 0 Å². The zero-order valence-corrected chi connectivity index (χ0v) is 19.9. The molecule has 2 heteroatoms. The van der Waals surface area contributed by atoms with Gasteiger partial charge in [-0.15, -0.1) is 11.3 Å². The fourth-order valence-electron chi connectivity index (χ4n) is 2.79. The quantitative estimate of drug-likeness (QED) is 0.289. The van der Waals surface area contributed by atoms with Crippen LogP contribution in [0.25, 0.3) is 0 Å². The van der Waals surface area contributed by atoms with Crippen molar-refractivity contribution in [3.05, 3.63) is 45.3 Å². The zero-order chi connectivity index (χ0) is 19.8. The van der Waals surface area contributed by atoms with E-state index in [1.807, 2.05) is 34.2 Å². The highest BCUT2D eigenvalue weighted by Gasteiger charge is 1.93. The van der Waals surface area contributed by atoms with Crippen LogP contribution in [-0.4, -0.2) is 0 Å². The van der Waals surface area contributed by atoms with Gasteiger partial charge in [-0.1, -0.05) is 116 Å². The van der Waals surface area contributed by atoms with Gasteiger partial charge in [-0.05, 0) is 35.0 Å². The lowest BCUT2D eigenvalue weighted by Crippen LogP contribution is -1.82. The number of aryl methyl sites for hydroxylation is 1. The highest BCUT2D eigenvalue weighted by molar-refractivity contribution is 7.09. The van der Waals surface area contributed by atoms with Gasteiger partial charge in [0.25, 0.3) is 0 Å². The first-order chi connectivity index (χ1) is 13.3. The molecule has 0 fully saturated rings. The van der Waals surface area contributed by atoms with Gasteiger partial charge in [0.1, 0.15) is 0 Å². The van der Waals surface area contributed by atoms with Gasteiger partial charge in [0, 0.05) is 4.88 Å². The van der Waals surface area contributed by atoms with Crippen molar-refractivity contribution < 1.29 is 0 Å². The van der Waals surface area contributed by atoms with Gasteiger partial charge < -0.3 is 0 Å². The van der Waals surface area contributed by atoms with Crippen LogP contribution in [0, 0.1) is 0 Å². The van der Waals surface area contributed by atoms with Gasteiger partial charge in [-0.3, -0.25) is 0 Å². The second-order valence-electron chi connectivity index (χ2n) is 7.16. The van der Waals surface area contributed by atoms with Crippen molar-refractivity contribution in [3.8, 4) is 0 Å². The van der Waals surface area contributed by atoms with E-state index in [4.69, 9.17) is 0 Å². The Morgan fingerprint density at radius 1 is 0.556 bits per heavy atom. The lowest BCUT2D eigenvalue weighted by atomic mass is 10.1. The molecule has 0 bridgehead atoms. The summed E-state index contributed by atoms with van der Waals surface area (Å²) in [6, 6.07) is 8.43. The van der Waals surface area contributed by atoms with Gasteiger partial charge in [0.2, 0.25) is 0 Å². The molecule has 0 nitrogen and oxygen atoms in total. The third kappa shape index (κ3) is 21.6. The maximum atomic E-state index is 2.27. The predicted octanol–water partition coefficient (Wildman–Crippen LogP) is 10.2. The van der Waals surface area contributed by atoms with Gasteiger partial charge in [-0.25, -0.2) is 0 Å². The number of thiophene rings is 2. The van der Waals surface area contributed by atoms with Crippen LogP contribution in [0.5, 0.6) is 0 Å². The molecule has 0 aliphatic heterocycles. The Hall–Kier alpha value is -0.600. The third-order valence-electron chi connectivity index (χ3n) is 4.49. The molecule has 0 amide bonds. The minimum atomic E-state index is 1.30. The van der Waals surface area contributed by atoms with E-state index in [0.29, 0.717) is 0 Å². The molecule has 0 atom stereocenters. The summed E-state index contributed by atoms with van der Waals surface area (Å²) < 4.78 is 0. The molecule has 2 aromatic heterocycles. The Bertz CT molecular complexity index is 408. The molecule has 2 rings (SSSR count). The Morgan fingerprint density at radius 2 is 1.04 bits per heavy atom. The molecule has 0 radical (unpaired) electrons. The average molecular weight is 409 g/mol. The summed E-state index contributed by atoms with van der Waals surface area (Å²) in [5.74, 6) is 0. The van der Waals surface area contributed by atoms with E-state index in [2.05, 4.69) is 38.3 Å². The number of rotatable bonds is 13. The van der Waals surface area contributed by atoms with Gasteiger partial charge in [0.15, 0.2) is 0 Å². The van der Waals surface area contributed by atoms with Crippen LogP contribution in [0.15, 0.2) is 40.4 Å². The molecule has 0 aliphatic rings. The van der Waals surface area contributed by atoms with E-state index in [9.17, 15) is 0 Å². The molecular formula is C25H44S2. The maximum absolute atomic E-state index is 2.27. The first-order valence-corrected chi connectivity index (χ1v) is 13.2. The lowest BCUT2D eigenvalue weighted by Gasteiger charge is -1.98. The van der Waals surface area contributed by atoms with Crippen molar-refractivity contribution >= 4 is 22.7 Å². The maximum Gasteiger partial charge on any atom is 0.00452 e. The summed E-state index contributed by atoms with van der Waals surface area (Å²) in [5.41, 5.74) is 0. The van der Waals surface area contributed by atoms with Crippen LogP contribution >= 0.6 is 22.7 Å². The summed E-state index contributed by atoms with van der Waals surface area (Å²) in [4.78, 5) is 1.55. The zero-order valence-electron chi connectivity index (χ0n) is 18.3. The van der Waals surface area contributed by atoms with Crippen molar-refractivity contribution in [1.29, 1.82) is 0 Å². The largest absolute Gasteiger partial charge is 0.152 e. The molecule has 0 aliphatic carbocycles. The van der Waals surface area contributed by atoms with Crippen molar-refractivity contribution in [2.75, 3.05) is 0 Å². The SMILES string of the molecule is CCCCCCCCC.CCCCCCCCc1cccs1.c1ccsc1. The smallest absolute Gasteiger partial charge is 0.00452 e. The Morgan fingerprint density at radius 3 is 1.41 bits per heavy atom. The topological polar surface area (TPSA) is 0 Å². The molecule has 0 unspecified atom stereocenters. The Balaban J connectivity index is 0.000000416. The highest BCUT2D eigenvalue weighted by atomic mass is 32.1. The van der Waals surface area contributed by atoms with E-state index in [1.165, 1.54) is 89.9 Å². The standard InChI is InChI=1S/C12H20S.C9H20.C4H4S/c1-2-3-4-5-6-7-9-12-10-8-11-13-12;1-3-5-7-9-8-6-4-2;1-2-4-5-3-1/h8,10-11H,2-7,9H2,1H3;3-9H2,1-2H3;1-4H.